The number of rotatable bonds is 5. The van der Waals surface area contributed by atoms with Crippen molar-refractivity contribution < 1.29 is 9.53 Å². The fourth-order valence-corrected chi connectivity index (χ4v) is 3.54. The van der Waals surface area contributed by atoms with Gasteiger partial charge < -0.3 is 10.1 Å². The van der Waals surface area contributed by atoms with E-state index >= 15 is 0 Å². The van der Waals surface area contributed by atoms with E-state index < -0.39 is 0 Å². The Bertz CT molecular complexity index is 1150. The molecule has 0 atom stereocenters. The normalized spacial score (nSPS) is 10.8. The number of ether oxygens (including phenoxy) is 1. The molecule has 1 N–H and O–H groups in total. The molecular weight excluding hydrogens is 394 g/mol. The maximum absolute atomic E-state index is 12.9. The van der Waals surface area contributed by atoms with Crippen LogP contribution in [0.3, 0.4) is 0 Å². The van der Waals surface area contributed by atoms with Gasteiger partial charge in [0.2, 0.25) is 0 Å². The van der Waals surface area contributed by atoms with Crippen molar-refractivity contribution in [2.24, 2.45) is 0 Å². The minimum atomic E-state index is -0.253. The summed E-state index contributed by atoms with van der Waals surface area (Å²) in [6, 6.07) is 14.5. The van der Waals surface area contributed by atoms with Crippen molar-refractivity contribution in [3.05, 3.63) is 81.4 Å². The zero-order valence-electron chi connectivity index (χ0n) is 15.0. The lowest BCUT2D eigenvalue weighted by molar-refractivity contribution is 0.102. The molecule has 5 nitrogen and oxygen atoms in total. The Hall–Kier alpha value is -2.96. The molecule has 7 heteroatoms. The van der Waals surface area contributed by atoms with Gasteiger partial charge in [-0.1, -0.05) is 23.7 Å². The number of para-hydroxylation sites is 2. The molecular formula is C21H16ClN3O2S. The van der Waals surface area contributed by atoms with Gasteiger partial charge in [0.15, 0.2) is 0 Å². The molecule has 28 heavy (non-hydrogen) atoms. The largest absolute Gasteiger partial charge is 0.485 e. The van der Waals surface area contributed by atoms with Gasteiger partial charge in [0.1, 0.15) is 12.4 Å². The van der Waals surface area contributed by atoms with Crippen LogP contribution in [0.25, 0.3) is 10.9 Å². The number of thiazole rings is 1. The highest BCUT2D eigenvalue weighted by atomic mass is 35.5. The van der Waals surface area contributed by atoms with E-state index in [0.717, 1.165) is 16.6 Å². The van der Waals surface area contributed by atoms with Crippen LogP contribution in [0.2, 0.25) is 5.02 Å². The number of nitrogens with one attached hydrogen (secondary N) is 1. The maximum atomic E-state index is 12.9. The second kappa shape index (κ2) is 7.96. The molecule has 4 rings (SSSR count). The zero-order chi connectivity index (χ0) is 19.5. The third-order valence-corrected chi connectivity index (χ3v) is 5.08. The molecule has 2 heterocycles. The van der Waals surface area contributed by atoms with Crippen LogP contribution >= 0.6 is 22.9 Å². The molecule has 2 aromatic heterocycles. The first-order valence-corrected chi connectivity index (χ1v) is 9.89. The number of hydrogen-bond acceptors (Lipinski definition) is 5. The molecule has 0 spiro atoms. The predicted molar refractivity (Wildman–Crippen MR) is 112 cm³/mol. The van der Waals surface area contributed by atoms with Crippen molar-refractivity contribution in [1.82, 2.24) is 9.97 Å². The number of fused-ring (bicyclic) bond motifs is 1. The van der Waals surface area contributed by atoms with Crippen LogP contribution in [-0.2, 0) is 6.61 Å². The predicted octanol–water partition coefficient (Wildman–Crippen LogP) is 5.48. The van der Waals surface area contributed by atoms with E-state index in [4.69, 9.17) is 16.3 Å². The molecule has 0 aliphatic rings. The number of benzene rings is 2. The summed E-state index contributed by atoms with van der Waals surface area (Å²) in [6.07, 6.45) is 0. The highest BCUT2D eigenvalue weighted by Gasteiger charge is 2.14. The Morgan fingerprint density at radius 1 is 1.21 bits per heavy atom. The Morgan fingerprint density at radius 3 is 2.89 bits per heavy atom. The number of pyridine rings is 1. The fraction of sp³-hybridized carbons (Fsp3) is 0.0952. The minimum Gasteiger partial charge on any atom is -0.485 e. The molecule has 2 aromatic carbocycles. The van der Waals surface area contributed by atoms with Crippen molar-refractivity contribution in [2.75, 3.05) is 5.32 Å². The summed E-state index contributed by atoms with van der Waals surface area (Å²) in [7, 11) is 0. The number of anilines is 1. The molecule has 4 aromatic rings. The van der Waals surface area contributed by atoms with Gasteiger partial charge in [-0.2, -0.15) is 0 Å². The highest BCUT2D eigenvalue weighted by Crippen LogP contribution is 2.27. The topological polar surface area (TPSA) is 64.1 Å². The van der Waals surface area contributed by atoms with Crippen LogP contribution in [0.1, 0.15) is 21.7 Å². The number of halogens is 1. The van der Waals surface area contributed by atoms with Gasteiger partial charge >= 0.3 is 0 Å². The van der Waals surface area contributed by atoms with E-state index in [1.165, 1.54) is 11.3 Å². The van der Waals surface area contributed by atoms with Crippen LogP contribution in [0.15, 0.2) is 59.4 Å². The molecule has 1 amide bonds. The Morgan fingerprint density at radius 2 is 2.07 bits per heavy atom. The first-order chi connectivity index (χ1) is 13.6. The average molecular weight is 410 g/mol. The minimum absolute atomic E-state index is 0.253. The van der Waals surface area contributed by atoms with Crippen LogP contribution in [0, 0.1) is 6.92 Å². The Labute approximate surface area is 171 Å². The molecule has 0 bridgehead atoms. The molecule has 0 saturated heterocycles. The molecule has 0 aliphatic heterocycles. The van der Waals surface area contributed by atoms with Crippen molar-refractivity contribution in [3.63, 3.8) is 0 Å². The summed E-state index contributed by atoms with van der Waals surface area (Å²) in [6.45, 7) is 2.15. The Balaban J connectivity index is 1.58. The summed E-state index contributed by atoms with van der Waals surface area (Å²) in [5.41, 5.74) is 5.13. The number of aromatic nitrogens is 2. The molecule has 0 saturated carbocycles. The van der Waals surface area contributed by atoms with Gasteiger partial charge in [-0.15, -0.1) is 11.3 Å². The van der Waals surface area contributed by atoms with E-state index in [1.807, 2.05) is 36.6 Å². The van der Waals surface area contributed by atoms with Crippen molar-refractivity contribution >= 4 is 45.4 Å². The molecule has 0 fully saturated rings. The molecule has 140 valence electrons. The number of amides is 1. The highest BCUT2D eigenvalue weighted by molar-refractivity contribution is 7.07. The molecule has 0 aliphatic carbocycles. The van der Waals surface area contributed by atoms with Crippen LogP contribution in [-0.4, -0.2) is 15.9 Å². The number of nitrogens with zero attached hydrogens (tertiary/aromatic N) is 2. The summed E-state index contributed by atoms with van der Waals surface area (Å²) in [5.74, 6) is 0.329. The van der Waals surface area contributed by atoms with Gasteiger partial charge in [-0.05, 0) is 43.3 Å². The van der Waals surface area contributed by atoms with Gasteiger partial charge in [-0.25, -0.2) is 4.98 Å². The Kier molecular flexibility index (Phi) is 5.23. The SMILES string of the molecule is Cc1nc2ccc(Cl)cc2cc1C(=O)Nc1ccccc1OCc1cscn1. The second-order valence-electron chi connectivity index (χ2n) is 6.18. The second-order valence-corrected chi connectivity index (χ2v) is 7.33. The van der Waals surface area contributed by atoms with E-state index in [2.05, 4.69) is 15.3 Å². The fourth-order valence-electron chi connectivity index (χ4n) is 2.82. The number of hydrogen-bond donors (Lipinski definition) is 1. The molecule has 0 radical (unpaired) electrons. The summed E-state index contributed by atoms with van der Waals surface area (Å²) in [5, 5.41) is 6.27. The first kappa shape index (κ1) is 18.4. The van der Waals surface area contributed by atoms with E-state index in [1.54, 1.807) is 29.8 Å². The van der Waals surface area contributed by atoms with E-state index in [9.17, 15) is 4.79 Å². The molecule has 0 unspecified atom stereocenters. The monoisotopic (exact) mass is 409 g/mol. The lowest BCUT2D eigenvalue weighted by Crippen LogP contribution is -2.15. The lowest BCUT2D eigenvalue weighted by atomic mass is 10.1. The van der Waals surface area contributed by atoms with Crippen LogP contribution in [0.4, 0.5) is 5.69 Å². The summed E-state index contributed by atoms with van der Waals surface area (Å²) in [4.78, 5) is 21.6. The van der Waals surface area contributed by atoms with Gasteiger partial charge in [-0.3, -0.25) is 9.78 Å². The quantitative estimate of drug-likeness (QED) is 0.473. The third-order valence-electron chi connectivity index (χ3n) is 4.21. The zero-order valence-corrected chi connectivity index (χ0v) is 16.6. The lowest BCUT2D eigenvalue weighted by Gasteiger charge is -2.13. The maximum Gasteiger partial charge on any atom is 0.257 e. The van der Waals surface area contributed by atoms with Gasteiger partial charge in [0.05, 0.1) is 33.7 Å². The van der Waals surface area contributed by atoms with E-state index in [-0.39, 0.29) is 5.91 Å². The van der Waals surface area contributed by atoms with Crippen molar-refractivity contribution in [2.45, 2.75) is 13.5 Å². The van der Waals surface area contributed by atoms with Gasteiger partial charge in [0.25, 0.3) is 5.91 Å². The number of carbonyl (C=O) groups is 1. The number of carbonyl (C=O) groups excluding carboxylic acids is 1. The number of aryl methyl sites for hydroxylation is 1. The first-order valence-electron chi connectivity index (χ1n) is 8.57. The summed E-state index contributed by atoms with van der Waals surface area (Å²) >= 11 is 7.58. The van der Waals surface area contributed by atoms with E-state index in [0.29, 0.717) is 34.3 Å². The third kappa shape index (κ3) is 3.98. The van der Waals surface area contributed by atoms with Gasteiger partial charge in [0, 0.05) is 15.8 Å². The van der Waals surface area contributed by atoms with Crippen LogP contribution < -0.4 is 10.1 Å². The van der Waals surface area contributed by atoms with Crippen LogP contribution in [0.5, 0.6) is 5.75 Å². The standard InChI is InChI=1S/C21H16ClN3O2S/c1-13-17(9-14-8-15(22)6-7-18(14)24-13)21(26)25-19-4-2-3-5-20(19)27-10-16-11-28-12-23-16/h2-9,11-12H,10H2,1H3,(H,25,26). The van der Waals surface area contributed by atoms with Crippen molar-refractivity contribution in [3.8, 4) is 5.75 Å². The van der Waals surface area contributed by atoms with Crippen molar-refractivity contribution in [1.29, 1.82) is 0 Å². The summed E-state index contributed by atoms with van der Waals surface area (Å²) < 4.78 is 5.83. The average Bonchev–Trinajstić information content (AvgIpc) is 3.20. The smallest absolute Gasteiger partial charge is 0.257 e.